The van der Waals surface area contributed by atoms with Gasteiger partial charge in [0.25, 0.3) is 0 Å². The molecule has 1 atom stereocenters. The van der Waals surface area contributed by atoms with Crippen LogP contribution in [0.2, 0.25) is 5.02 Å². The summed E-state index contributed by atoms with van der Waals surface area (Å²) in [6, 6.07) is 4.24. The van der Waals surface area contributed by atoms with Gasteiger partial charge in [-0.3, -0.25) is 0 Å². The number of aliphatic hydroxyl groups is 1. The van der Waals surface area contributed by atoms with Crippen molar-refractivity contribution in [2.75, 3.05) is 17.7 Å². The molecule has 4 nitrogen and oxygen atoms in total. The second kappa shape index (κ2) is 3.66. The highest BCUT2D eigenvalue weighted by atomic mass is 35.5. The monoisotopic (exact) mass is 247 g/mol. The van der Waals surface area contributed by atoms with E-state index in [2.05, 4.69) is 5.32 Å². The van der Waals surface area contributed by atoms with Crippen molar-refractivity contribution in [1.82, 2.24) is 0 Å². The van der Waals surface area contributed by atoms with E-state index < -0.39 is 15.9 Å². The van der Waals surface area contributed by atoms with Crippen LogP contribution in [0.5, 0.6) is 0 Å². The molecule has 1 aromatic rings. The Balaban J connectivity index is 2.60. The maximum Gasteiger partial charge on any atom is 0.182 e. The molecule has 1 aromatic carbocycles. The zero-order valence-corrected chi connectivity index (χ0v) is 9.35. The number of benzene rings is 1. The number of para-hydroxylation sites is 1. The van der Waals surface area contributed by atoms with E-state index >= 15 is 0 Å². The Morgan fingerprint density at radius 3 is 2.93 bits per heavy atom. The van der Waals surface area contributed by atoms with E-state index in [1.165, 1.54) is 6.07 Å². The number of sulfone groups is 1. The summed E-state index contributed by atoms with van der Waals surface area (Å²) in [6.07, 6.45) is 0. The zero-order valence-electron chi connectivity index (χ0n) is 7.77. The van der Waals surface area contributed by atoms with Gasteiger partial charge in [-0.2, -0.15) is 0 Å². The third-order valence-corrected chi connectivity index (χ3v) is 4.47. The first-order valence-corrected chi connectivity index (χ1v) is 6.46. The van der Waals surface area contributed by atoms with Crippen LogP contribution in [-0.2, 0) is 9.84 Å². The van der Waals surface area contributed by atoms with Gasteiger partial charge >= 0.3 is 0 Å². The Morgan fingerprint density at radius 1 is 1.53 bits per heavy atom. The molecule has 0 radical (unpaired) electrons. The number of rotatable bonds is 1. The lowest BCUT2D eigenvalue weighted by molar-refractivity contribution is 0.281. The van der Waals surface area contributed by atoms with Crippen molar-refractivity contribution in [3.05, 3.63) is 23.2 Å². The van der Waals surface area contributed by atoms with Crippen LogP contribution in [0.15, 0.2) is 23.1 Å². The zero-order chi connectivity index (χ0) is 11.1. The number of fused-ring (bicyclic) bond motifs is 1. The van der Waals surface area contributed by atoms with Gasteiger partial charge in [0.1, 0.15) is 0 Å². The van der Waals surface area contributed by atoms with Crippen LogP contribution in [0.25, 0.3) is 0 Å². The van der Waals surface area contributed by atoms with Crippen LogP contribution >= 0.6 is 11.6 Å². The highest BCUT2D eigenvalue weighted by molar-refractivity contribution is 7.91. The van der Waals surface area contributed by atoms with E-state index in [9.17, 15) is 8.42 Å². The lowest BCUT2D eigenvalue weighted by Gasteiger charge is -2.26. The summed E-state index contributed by atoms with van der Waals surface area (Å²) in [5.74, 6) is -0.100. The highest BCUT2D eigenvalue weighted by Gasteiger charge is 2.30. The summed E-state index contributed by atoms with van der Waals surface area (Å²) in [6.45, 7) is -0.232. The largest absolute Gasteiger partial charge is 0.394 e. The molecule has 15 heavy (non-hydrogen) atoms. The molecule has 6 heteroatoms. The number of halogens is 1. The molecule has 1 unspecified atom stereocenters. The first-order chi connectivity index (χ1) is 7.04. The Bertz CT molecular complexity index is 486. The molecule has 1 aliphatic heterocycles. The SMILES string of the molecule is O=S1(=O)CC(CO)Nc2c(Cl)cccc21. The summed E-state index contributed by atoms with van der Waals surface area (Å²) >= 11 is 5.88. The fourth-order valence-corrected chi connectivity index (χ4v) is 3.55. The minimum absolute atomic E-state index is 0.100. The van der Waals surface area contributed by atoms with Crippen molar-refractivity contribution in [3.63, 3.8) is 0 Å². The van der Waals surface area contributed by atoms with Gasteiger partial charge in [-0.1, -0.05) is 17.7 Å². The second-order valence-corrected chi connectivity index (χ2v) is 5.83. The van der Waals surface area contributed by atoms with Gasteiger partial charge in [0, 0.05) is 0 Å². The molecule has 0 aliphatic carbocycles. The van der Waals surface area contributed by atoms with E-state index in [4.69, 9.17) is 16.7 Å². The standard InChI is InChI=1S/C9H10ClNO3S/c10-7-2-1-3-8-9(7)11-6(4-12)5-15(8,13)14/h1-3,6,11-12H,4-5H2. The van der Waals surface area contributed by atoms with Gasteiger partial charge in [0.05, 0.1) is 34.0 Å². The predicted molar refractivity (Wildman–Crippen MR) is 58.0 cm³/mol. The van der Waals surface area contributed by atoms with E-state index in [1.54, 1.807) is 12.1 Å². The molecule has 2 N–H and O–H groups in total. The van der Waals surface area contributed by atoms with E-state index in [0.717, 1.165) is 0 Å². The minimum atomic E-state index is -3.33. The third-order valence-electron chi connectivity index (χ3n) is 2.30. The Labute approximate surface area is 92.8 Å². The average Bonchev–Trinajstić information content (AvgIpc) is 2.18. The first kappa shape index (κ1) is 10.7. The molecule has 0 fully saturated rings. The fourth-order valence-electron chi connectivity index (χ4n) is 1.60. The third kappa shape index (κ3) is 1.82. The number of anilines is 1. The summed E-state index contributed by atoms with van der Waals surface area (Å²) < 4.78 is 23.6. The molecule has 1 heterocycles. The van der Waals surface area contributed by atoms with E-state index in [0.29, 0.717) is 10.7 Å². The van der Waals surface area contributed by atoms with Gasteiger partial charge in [0.15, 0.2) is 9.84 Å². The van der Waals surface area contributed by atoms with Crippen LogP contribution < -0.4 is 5.32 Å². The maximum atomic E-state index is 11.8. The fraction of sp³-hybridized carbons (Fsp3) is 0.333. The van der Waals surface area contributed by atoms with Crippen molar-refractivity contribution in [2.24, 2.45) is 0 Å². The Kier molecular flexibility index (Phi) is 2.62. The highest BCUT2D eigenvalue weighted by Crippen LogP contribution is 2.34. The summed E-state index contributed by atoms with van der Waals surface area (Å²) in [4.78, 5) is 0.208. The molecular formula is C9H10ClNO3S. The van der Waals surface area contributed by atoms with Crippen molar-refractivity contribution in [2.45, 2.75) is 10.9 Å². The van der Waals surface area contributed by atoms with Gasteiger partial charge in [0.2, 0.25) is 0 Å². The minimum Gasteiger partial charge on any atom is -0.394 e. The Morgan fingerprint density at radius 2 is 2.27 bits per heavy atom. The number of nitrogens with one attached hydrogen (secondary N) is 1. The number of aliphatic hydroxyl groups excluding tert-OH is 1. The smallest absolute Gasteiger partial charge is 0.182 e. The summed E-state index contributed by atoms with van der Waals surface area (Å²) in [5.41, 5.74) is 0.393. The summed E-state index contributed by atoms with van der Waals surface area (Å²) in [7, 11) is -3.33. The molecule has 0 amide bonds. The molecule has 0 saturated carbocycles. The van der Waals surface area contributed by atoms with Gasteiger partial charge < -0.3 is 10.4 Å². The van der Waals surface area contributed by atoms with Crippen LogP contribution in [0.4, 0.5) is 5.69 Å². The van der Waals surface area contributed by atoms with Crippen LogP contribution in [0, 0.1) is 0 Å². The van der Waals surface area contributed by atoms with Crippen LogP contribution in [-0.4, -0.2) is 31.9 Å². The maximum absolute atomic E-state index is 11.8. The molecule has 2 rings (SSSR count). The van der Waals surface area contributed by atoms with Crippen LogP contribution in [0.3, 0.4) is 0 Å². The Hall–Kier alpha value is -0.780. The van der Waals surface area contributed by atoms with Crippen LogP contribution in [0.1, 0.15) is 0 Å². The first-order valence-electron chi connectivity index (χ1n) is 4.43. The second-order valence-electron chi connectivity index (χ2n) is 3.42. The van der Waals surface area contributed by atoms with Gasteiger partial charge in [-0.15, -0.1) is 0 Å². The predicted octanol–water partition coefficient (Wildman–Crippen LogP) is 0.900. The molecule has 1 aliphatic rings. The van der Waals surface area contributed by atoms with E-state index in [1.807, 2.05) is 0 Å². The van der Waals surface area contributed by atoms with Gasteiger partial charge in [-0.05, 0) is 12.1 Å². The number of hydrogen-bond acceptors (Lipinski definition) is 4. The quantitative estimate of drug-likeness (QED) is 0.774. The average molecular weight is 248 g/mol. The van der Waals surface area contributed by atoms with Crippen molar-refractivity contribution in [1.29, 1.82) is 0 Å². The molecule has 0 bridgehead atoms. The van der Waals surface area contributed by atoms with Crippen molar-refractivity contribution < 1.29 is 13.5 Å². The van der Waals surface area contributed by atoms with Gasteiger partial charge in [-0.25, -0.2) is 8.42 Å². The normalized spacial score (nSPS) is 22.9. The van der Waals surface area contributed by atoms with Crippen molar-refractivity contribution >= 4 is 27.1 Å². The molecule has 0 saturated heterocycles. The van der Waals surface area contributed by atoms with E-state index in [-0.39, 0.29) is 17.3 Å². The topological polar surface area (TPSA) is 66.4 Å². The number of hydrogen-bond donors (Lipinski definition) is 2. The molecular weight excluding hydrogens is 238 g/mol. The lowest BCUT2D eigenvalue weighted by atomic mass is 10.2. The lowest BCUT2D eigenvalue weighted by Crippen LogP contribution is -2.37. The molecule has 82 valence electrons. The molecule has 0 spiro atoms. The summed E-state index contributed by atoms with van der Waals surface area (Å²) in [5, 5.41) is 12.2. The molecule has 0 aromatic heterocycles. The van der Waals surface area contributed by atoms with Crippen molar-refractivity contribution in [3.8, 4) is 0 Å².